The van der Waals surface area contributed by atoms with Crippen molar-refractivity contribution < 1.29 is 9.59 Å². The minimum atomic E-state index is -0.447. The molecule has 7 nitrogen and oxygen atoms in total. The first-order valence-corrected chi connectivity index (χ1v) is 10.7. The van der Waals surface area contributed by atoms with E-state index in [1.54, 1.807) is 0 Å². The number of urea groups is 1. The number of allylic oxidation sites excluding steroid dienone is 1. The van der Waals surface area contributed by atoms with Crippen LogP contribution in [0.4, 0.5) is 4.79 Å². The zero-order chi connectivity index (χ0) is 19.6. The zero-order valence-corrected chi connectivity index (χ0v) is 17.2. The van der Waals surface area contributed by atoms with Crippen LogP contribution in [0.15, 0.2) is 17.8 Å². The number of rotatable bonds is 9. The van der Waals surface area contributed by atoms with Crippen LogP contribution in [0.1, 0.15) is 64.1 Å². The molecule has 1 heterocycles. The van der Waals surface area contributed by atoms with Gasteiger partial charge >= 0.3 is 6.03 Å². The molecule has 0 bridgehead atoms. The van der Waals surface area contributed by atoms with Gasteiger partial charge in [-0.2, -0.15) is 0 Å². The molecule has 1 saturated carbocycles. The van der Waals surface area contributed by atoms with Crippen LogP contribution in [0.3, 0.4) is 0 Å². The average Bonchev–Trinajstić information content (AvgIpc) is 3.03. The molecule has 0 atom stereocenters. The van der Waals surface area contributed by atoms with Gasteiger partial charge < -0.3 is 9.88 Å². The molecule has 2 N–H and O–H groups in total. The van der Waals surface area contributed by atoms with Gasteiger partial charge in [-0.15, -0.1) is 16.8 Å². The van der Waals surface area contributed by atoms with Crippen LogP contribution < -0.4 is 10.6 Å². The molecule has 0 aromatic carbocycles. The van der Waals surface area contributed by atoms with E-state index in [2.05, 4.69) is 41.3 Å². The first kappa shape index (κ1) is 21.5. The summed E-state index contributed by atoms with van der Waals surface area (Å²) in [4.78, 5) is 23.8. The maximum Gasteiger partial charge on any atom is 0.321 e. The number of hydrogen-bond donors (Lipinski definition) is 2. The summed E-state index contributed by atoms with van der Waals surface area (Å²) in [7, 11) is 0. The van der Waals surface area contributed by atoms with Crippen LogP contribution in [-0.4, -0.2) is 39.0 Å². The van der Waals surface area contributed by atoms with Crippen molar-refractivity contribution in [2.45, 2.75) is 70.0 Å². The molecule has 2 rings (SSSR count). The molecule has 0 aliphatic heterocycles. The number of carbonyl (C=O) groups is 2. The third kappa shape index (κ3) is 7.01. The number of nitrogens with one attached hydrogen (secondary N) is 2. The predicted molar refractivity (Wildman–Crippen MR) is 108 cm³/mol. The van der Waals surface area contributed by atoms with E-state index in [0.29, 0.717) is 30.1 Å². The summed E-state index contributed by atoms with van der Waals surface area (Å²) in [6.45, 7) is 9.17. The number of amides is 3. The van der Waals surface area contributed by atoms with Gasteiger partial charge in [0.2, 0.25) is 5.91 Å². The monoisotopic (exact) mass is 393 g/mol. The Kier molecular flexibility index (Phi) is 8.84. The highest BCUT2D eigenvalue weighted by Gasteiger charge is 2.23. The van der Waals surface area contributed by atoms with Crippen LogP contribution in [-0.2, 0) is 11.3 Å². The summed E-state index contributed by atoms with van der Waals surface area (Å²) in [6.07, 6.45) is 8.71. The van der Waals surface area contributed by atoms with Crippen molar-refractivity contribution in [3.05, 3.63) is 18.5 Å². The van der Waals surface area contributed by atoms with Gasteiger partial charge in [-0.3, -0.25) is 10.1 Å². The first-order chi connectivity index (χ1) is 13.0. The molecule has 0 unspecified atom stereocenters. The van der Waals surface area contributed by atoms with E-state index in [4.69, 9.17) is 0 Å². The highest BCUT2D eigenvalue weighted by atomic mass is 32.2. The Labute approximate surface area is 165 Å². The number of hydrogen-bond acceptors (Lipinski definition) is 5. The normalized spacial score (nSPS) is 14.9. The van der Waals surface area contributed by atoms with E-state index in [9.17, 15) is 9.59 Å². The molecule has 1 fully saturated rings. The first-order valence-electron chi connectivity index (χ1n) is 9.75. The van der Waals surface area contributed by atoms with E-state index >= 15 is 0 Å². The Morgan fingerprint density at radius 2 is 2.04 bits per heavy atom. The summed E-state index contributed by atoms with van der Waals surface area (Å²) >= 11 is 1.30. The Bertz CT molecular complexity index is 638. The summed E-state index contributed by atoms with van der Waals surface area (Å²) < 4.78 is 2.05. The Balaban J connectivity index is 1.87. The Hall–Kier alpha value is -1.83. The minimum absolute atomic E-state index is 0.123. The second-order valence-electron chi connectivity index (χ2n) is 7.35. The summed E-state index contributed by atoms with van der Waals surface area (Å²) in [6, 6.07) is -0.447. The SMILES string of the molecule is C=CCn1c(SCC(=O)NC(=O)NCCC(C)C)nnc1C1CCCCC1. The van der Waals surface area contributed by atoms with E-state index < -0.39 is 6.03 Å². The quantitative estimate of drug-likeness (QED) is 0.495. The number of thioether (sulfide) groups is 1. The highest BCUT2D eigenvalue weighted by molar-refractivity contribution is 7.99. The van der Waals surface area contributed by atoms with E-state index in [1.807, 2.05) is 10.6 Å². The second-order valence-corrected chi connectivity index (χ2v) is 8.29. The maximum atomic E-state index is 12.0. The van der Waals surface area contributed by atoms with Crippen LogP contribution in [0.25, 0.3) is 0 Å². The minimum Gasteiger partial charge on any atom is -0.338 e. The number of nitrogens with zero attached hydrogens (tertiary/aromatic N) is 3. The lowest BCUT2D eigenvalue weighted by atomic mass is 9.89. The average molecular weight is 394 g/mol. The van der Waals surface area contributed by atoms with Gasteiger partial charge in [0.05, 0.1) is 5.75 Å². The van der Waals surface area contributed by atoms with Gasteiger partial charge in [0.15, 0.2) is 5.16 Å². The molecule has 0 radical (unpaired) electrons. The third-order valence-corrected chi connectivity index (χ3v) is 5.59. The van der Waals surface area contributed by atoms with E-state index in [1.165, 1.54) is 31.0 Å². The molecule has 150 valence electrons. The number of carbonyl (C=O) groups excluding carboxylic acids is 2. The Morgan fingerprint density at radius 1 is 1.30 bits per heavy atom. The van der Waals surface area contributed by atoms with Gasteiger partial charge in [0, 0.05) is 19.0 Å². The molecule has 1 aliphatic carbocycles. The van der Waals surface area contributed by atoms with Gasteiger partial charge in [-0.05, 0) is 25.2 Å². The summed E-state index contributed by atoms with van der Waals surface area (Å²) in [5, 5.41) is 14.4. The highest BCUT2D eigenvalue weighted by Crippen LogP contribution is 2.33. The van der Waals surface area contributed by atoms with Crippen LogP contribution >= 0.6 is 11.8 Å². The van der Waals surface area contributed by atoms with Gasteiger partial charge in [-0.25, -0.2) is 4.79 Å². The van der Waals surface area contributed by atoms with Crippen LogP contribution in [0.2, 0.25) is 0 Å². The summed E-state index contributed by atoms with van der Waals surface area (Å²) in [5.74, 6) is 1.71. The topological polar surface area (TPSA) is 88.9 Å². The van der Waals surface area contributed by atoms with Crippen molar-refractivity contribution in [1.82, 2.24) is 25.4 Å². The fourth-order valence-corrected chi connectivity index (χ4v) is 3.94. The largest absolute Gasteiger partial charge is 0.338 e. The molecule has 1 aliphatic rings. The molecular formula is C19H31N5O2S. The molecule has 1 aromatic rings. The lowest BCUT2D eigenvalue weighted by Crippen LogP contribution is -2.40. The molecule has 27 heavy (non-hydrogen) atoms. The van der Waals surface area contributed by atoms with Crippen LogP contribution in [0.5, 0.6) is 0 Å². The van der Waals surface area contributed by atoms with E-state index in [-0.39, 0.29) is 11.7 Å². The van der Waals surface area contributed by atoms with Crippen molar-refractivity contribution in [2.24, 2.45) is 5.92 Å². The zero-order valence-electron chi connectivity index (χ0n) is 16.4. The fourth-order valence-electron chi connectivity index (χ4n) is 3.18. The summed E-state index contributed by atoms with van der Waals surface area (Å²) in [5.41, 5.74) is 0. The smallest absolute Gasteiger partial charge is 0.321 e. The Morgan fingerprint density at radius 3 is 2.70 bits per heavy atom. The van der Waals surface area contributed by atoms with Crippen LogP contribution in [0, 0.1) is 5.92 Å². The fraction of sp³-hybridized carbons (Fsp3) is 0.684. The van der Waals surface area contributed by atoms with Crippen molar-refractivity contribution in [2.75, 3.05) is 12.3 Å². The van der Waals surface area contributed by atoms with Crippen molar-refractivity contribution in [1.29, 1.82) is 0 Å². The lowest BCUT2D eigenvalue weighted by molar-refractivity contribution is -0.117. The molecule has 8 heteroatoms. The van der Waals surface area contributed by atoms with E-state index in [0.717, 1.165) is 25.1 Å². The number of aromatic nitrogens is 3. The number of imide groups is 1. The predicted octanol–water partition coefficient (Wildman–Crippen LogP) is 3.48. The maximum absolute atomic E-state index is 12.0. The van der Waals surface area contributed by atoms with Crippen molar-refractivity contribution >= 4 is 23.7 Å². The molecule has 0 saturated heterocycles. The molecule has 3 amide bonds. The molecule has 0 spiro atoms. The standard InChI is InChI=1S/C19H31N5O2S/c1-4-12-24-17(15-8-6-5-7-9-15)22-23-19(24)27-13-16(25)21-18(26)20-11-10-14(2)3/h4,14-15H,1,5-13H2,2-3H3,(H2,20,21,25,26). The van der Waals surface area contributed by atoms with Crippen molar-refractivity contribution in [3.8, 4) is 0 Å². The lowest BCUT2D eigenvalue weighted by Gasteiger charge is -2.21. The molecule has 1 aromatic heterocycles. The second kappa shape index (κ2) is 11.1. The molecular weight excluding hydrogens is 362 g/mol. The van der Waals surface area contributed by atoms with Gasteiger partial charge in [0.25, 0.3) is 0 Å². The third-order valence-electron chi connectivity index (χ3n) is 4.62. The van der Waals surface area contributed by atoms with Gasteiger partial charge in [-0.1, -0.05) is 50.9 Å². The van der Waals surface area contributed by atoms with Crippen molar-refractivity contribution in [3.63, 3.8) is 0 Å². The van der Waals surface area contributed by atoms with Gasteiger partial charge in [0.1, 0.15) is 5.82 Å².